The molecule has 0 radical (unpaired) electrons. The Kier molecular flexibility index (Phi) is 5.53. The van der Waals surface area contributed by atoms with Crippen LogP contribution in [0.25, 0.3) is 0 Å². The molecule has 0 aromatic heterocycles. The zero-order valence-electron chi connectivity index (χ0n) is 16.8. The molecule has 6 nitrogen and oxygen atoms in total. The minimum absolute atomic E-state index is 0.0427. The van der Waals surface area contributed by atoms with Crippen molar-refractivity contribution in [3.05, 3.63) is 52.6 Å². The lowest BCUT2D eigenvalue weighted by Gasteiger charge is -2.29. The number of Topliss-reactive ketones (excluding diaryl/α,β-unsaturated/α-hetero) is 2. The molecule has 152 valence electrons. The maximum atomic E-state index is 12.7. The van der Waals surface area contributed by atoms with Gasteiger partial charge in [0.25, 0.3) is 0 Å². The molecule has 0 fully saturated rings. The molecule has 0 N–H and O–H groups in total. The minimum atomic E-state index is 0.0427. The van der Waals surface area contributed by atoms with Crippen LogP contribution < -0.4 is 14.2 Å². The van der Waals surface area contributed by atoms with E-state index in [4.69, 9.17) is 14.2 Å². The average molecular weight is 395 g/mol. The van der Waals surface area contributed by atoms with Crippen LogP contribution in [0.5, 0.6) is 17.2 Å². The number of hydrogen-bond donors (Lipinski definition) is 0. The predicted octanol–water partition coefficient (Wildman–Crippen LogP) is 2.84. The Morgan fingerprint density at radius 2 is 1.83 bits per heavy atom. The zero-order valence-corrected chi connectivity index (χ0v) is 16.8. The van der Waals surface area contributed by atoms with Crippen molar-refractivity contribution >= 4 is 11.6 Å². The van der Waals surface area contributed by atoms with Gasteiger partial charge in [-0.3, -0.25) is 14.5 Å². The van der Waals surface area contributed by atoms with Crippen molar-refractivity contribution in [3.63, 3.8) is 0 Å². The first-order chi connectivity index (χ1) is 14.1. The SMILES string of the molecule is COc1cc2c(cc1OC)CN(CCC(=O)c1ccc3c(c1)CC(=O)CO3)CC2. The summed E-state index contributed by atoms with van der Waals surface area (Å²) < 4.78 is 16.2. The first kappa shape index (κ1) is 19.5. The molecule has 0 saturated heterocycles. The van der Waals surface area contributed by atoms with E-state index < -0.39 is 0 Å². The van der Waals surface area contributed by atoms with Crippen LogP contribution in [0.1, 0.15) is 33.5 Å². The summed E-state index contributed by atoms with van der Waals surface area (Å²) in [6.07, 6.45) is 1.70. The molecule has 0 saturated carbocycles. The zero-order chi connectivity index (χ0) is 20.4. The summed E-state index contributed by atoms with van der Waals surface area (Å²) in [6.45, 7) is 2.50. The lowest BCUT2D eigenvalue weighted by molar-refractivity contribution is -0.121. The maximum Gasteiger partial charge on any atom is 0.174 e. The highest BCUT2D eigenvalue weighted by atomic mass is 16.5. The molecule has 2 aromatic carbocycles. The van der Waals surface area contributed by atoms with E-state index in [0.29, 0.717) is 30.7 Å². The average Bonchev–Trinajstić information content (AvgIpc) is 2.75. The number of ketones is 2. The Balaban J connectivity index is 1.39. The number of benzene rings is 2. The van der Waals surface area contributed by atoms with Gasteiger partial charge in [-0.25, -0.2) is 0 Å². The third-order valence-electron chi connectivity index (χ3n) is 5.61. The summed E-state index contributed by atoms with van der Waals surface area (Å²) in [5.74, 6) is 2.32. The Morgan fingerprint density at radius 1 is 1.07 bits per heavy atom. The van der Waals surface area contributed by atoms with Crippen molar-refractivity contribution in [2.45, 2.75) is 25.8 Å². The van der Waals surface area contributed by atoms with Gasteiger partial charge < -0.3 is 14.2 Å². The fourth-order valence-electron chi connectivity index (χ4n) is 3.99. The van der Waals surface area contributed by atoms with Crippen LogP contribution in [0, 0.1) is 0 Å². The molecule has 0 atom stereocenters. The number of hydrogen-bond acceptors (Lipinski definition) is 6. The number of nitrogens with zero attached hydrogens (tertiary/aromatic N) is 1. The van der Waals surface area contributed by atoms with Gasteiger partial charge in [-0.05, 0) is 47.9 Å². The molecule has 2 aliphatic rings. The van der Waals surface area contributed by atoms with Gasteiger partial charge in [0.15, 0.2) is 23.1 Å². The summed E-state index contributed by atoms with van der Waals surface area (Å²) >= 11 is 0. The summed E-state index contributed by atoms with van der Waals surface area (Å²) in [7, 11) is 3.29. The molecule has 4 rings (SSSR count). The molecular formula is C23H25NO5. The van der Waals surface area contributed by atoms with Gasteiger partial charge >= 0.3 is 0 Å². The van der Waals surface area contributed by atoms with E-state index in [9.17, 15) is 9.59 Å². The molecule has 2 heterocycles. The van der Waals surface area contributed by atoms with Crippen molar-refractivity contribution in [2.75, 3.05) is 33.9 Å². The van der Waals surface area contributed by atoms with Gasteiger partial charge in [0, 0.05) is 43.6 Å². The normalized spacial score (nSPS) is 15.9. The van der Waals surface area contributed by atoms with Gasteiger partial charge in [0.1, 0.15) is 12.4 Å². The van der Waals surface area contributed by atoms with E-state index in [-0.39, 0.29) is 18.2 Å². The number of rotatable bonds is 6. The fourth-order valence-corrected chi connectivity index (χ4v) is 3.99. The van der Waals surface area contributed by atoms with Crippen LogP contribution in [0.4, 0.5) is 0 Å². The highest BCUT2D eigenvalue weighted by molar-refractivity contribution is 5.97. The number of fused-ring (bicyclic) bond motifs is 2. The molecule has 2 aliphatic heterocycles. The Morgan fingerprint density at radius 3 is 2.59 bits per heavy atom. The van der Waals surface area contributed by atoms with Crippen LogP contribution in [-0.2, 0) is 24.2 Å². The van der Waals surface area contributed by atoms with Crippen LogP contribution in [-0.4, -0.2) is 50.4 Å². The maximum absolute atomic E-state index is 12.7. The monoisotopic (exact) mass is 395 g/mol. The van der Waals surface area contributed by atoms with E-state index in [0.717, 1.165) is 36.6 Å². The molecule has 0 spiro atoms. The summed E-state index contributed by atoms with van der Waals surface area (Å²) in [5, 5.41) is 0. The minimum Gasteiger partial charge on any atom is -0.493 e. The van der Waals surface area contributed by atoms with Crippen molar-refractivity contribution in [1.82, 2.24) is 4.90 Å². The highest BCUT2D eigenvalue weighted by Crippen LogP contribution is 2.33. The summed E-state index contributed by atoms with van der Waals surface area (Å²) in [4.78, 5) is 26.6. The predicted molar refractivity (Wildman–Crippen MR) is 108 cm³/mol. The highest BCUT2D eigenvalue weighted by Gasteiger charge is 2.21. The van der Waals surface area contributed by atoms with Gasteiger partial charge in [-0.1, -0.05) is 0 Å². The smallest absolute Gasteiger partial charge is 0.174 e. The molecule has 0 unspecified atom stereocenters. The van der Waals surface area contributed by atoms with Crippen molar-refractivity contribution in [2.24, 2.45) is 0 Å². The third kappa shape index (κ3) is 4.12. The first-order valence-corrected chi connectivity index (χ1v) is 9.84. The molecular weight excluding hydrogens is 370 g/mol. The number of carbonyl (C=O) groups is 2. The standard InChI is InChI=1S/C23H25NO5/c1-27-22-11-15-5-7-24(13-18(15)12-23(22)28-2)8-6-20(26)16-3-4-21-17(9-16)10-19(25)14-29-21/h3-4,9,11-12H,5-8,10,13-14H2,1-2H3. The van der Waals surface area contributed by atoms with Crippen molar-refractivity contribution in [1.29, 1.82) is 0 Å². The molecule has 0 amide bonds. The van der Waals surface area contributed by atoms with Crippen LogP contribution in [0.2, 0.25) is 0 Å². The largest absolute Gasteiger partial charge is 0.493 e. The topological polar surface area (TPSA) is 65.1 Å². The van der Waals surface area contributed by atoms with Crippen molar-refractivity contribution < 1.29 is 23.8 Å². The van der Waals surface area contributed by atoms with E-state index in [2.05, 4.69) is 4.90 Å². The third-order valence-corrected chi connectivity index (χ3v) is 5.61. The Hall–Kier alpha value is -2.86. The van der Waals surface area contributed by atoms with E-state index in [1.54, 1.807) is 32.4 Å². The van der Waals surface area contributed by atoms with Crippen LogP contribution in [0.15, 0.2) is 30.3 Å². The second kappa shape index (κ2) is 8.25. The second-order valence-electron chi connectivity index (χ2n) is 7.50. The van der Waals surface area contributed by atoms with Crippen molar-refractivity contribution in [3.8, 4) is 17.2 Å². The Bertz CT molecular complexity index is 953. The molecule has 0 bridgehead atoms. The number of ether oxygens (including phenoxy) is 3. The quantitative estimate of drug-likeness (QED) is 0.701. The van der Waals surface area contributed by atoms with E-state index in [1.807, 2.05) is 12.1 Å². The molecule has 6 heteroatoms. The number of methoxy groups -OCH3 is 2. The first-order valence-electron chi connectivity index (χ1n) is 9.84. The van der Waals surface area contributed by atoms with Crippen LogP contribution in [0.3, 0.4) is 0 Å². The summed E-state index contributed by atoms with van der Waals surface area (Å²) in [6, 6.07) is 9.47. The molecule has 0 aliphatic carbocycles. The number of carbonyl (C=O) groups excluding carboxylic acids is 2. The lowest BCUT2D eigenvalue weighted by Crippen LogP contribution is -2.32. The van der Waals surface area contributed by atoms with Gasteiger partial charge in [0.05, 0.1) is 14.2 Å². The Labute approximate surface area is 170 Å². The van der Waals surface area contributed by atoms with E-state index >= 15 is 0 Å². The molecule has 29 heavy (non-hydrogen) atoms. The van der Waals surface area contributed by atoms with Gasteiger partial charge in [-0.2, -0.15) is 0 Å². The second-order valence-corrected chi connectivity index (χ2v) is 7.50. The fraction of sp³-hybridized carbons (Fsp3) is 0.391. The van der Waals surface area contributed by atoms with E-state index in [1.165, 1.54) is 11.1 Å². The summed E-state index contributed by atoms with van der Waals surface area (Å²) in [5.41, 5.74) is 3.93. The lowest BCUT2D eigenvalue weighted by atomic mass is 9.97. The van der Waals surface area contributed by atoms with Gasteiger partial charge in [0.2, 0.25) is 0 Å². The van der Waals surface area contributed by atoms with Crippen LogP contribution >= 0.6 is 0 Å². The molecule has 2 aromatic rings. The van der Waals surface area contributed by atoms with Gasteiger partial charge in [-0.15, -0.1) is 0 Å².